The van der Waals surface area contributed by atoms with Crippen LogP contribution in [0.1, 0.15) is 12.8 Å². The smallest absolute Gasteiger partial charge is 0.255 e. The summed E-state index contributed by atoms with van der Waals surface area (Å²) in [6.07, 6.45) is 4.81. The molecule has 0 amide bonds. The first-order valence-corrected chi connectivity index (χ1v) is 6.48. The molecule has 2 aromatic heterocycles. The SMILES string of the molecule is CN(c1nc(-c2ccncc2F)cc(=O)n1C)C1CC1. The largest absolute Gasteiger partial charge is 0.342 e. The second-order valence-corrected chi connectivity index (χ2v) is 5.04. The fraction of sp³-hybridized carbons (Fsp3) is 0.357. The van der Waals surface area contributed by atoms with Gasteiger partial charge in [0.05, 0.1) is 11.9 Å². The lowest BCUT2D eigenvalue weighted by atomic mass is 10.2. The second kappa shape index (κ2) is 4.70. The number of halogens is 1. The Morgan fingerprint density at radius 2 is 2.20 bits per heavy atom. The van der Waals surface area contributed by atoms with Crippen LogP contribution in [-0.4, -0.2) is 27.6 Å². The third-order valence-corrected chi connectivity index (χ3v) is 3.57. The van der Waals surface area contributed by atoms with Crippen LogP contribution in [0.15, 0.2) is 29.3 Å². The van der Waals surface area contributed by atoms with Crippen molar-refractivity contribution in [2.24, 2.45) is 7.05 Å². The molecule has 2 aromatic rings. The zero-order valence-electron chi connectivity index (χ0n) is 11.4. The molecule has 5 nitrogen and oxygen atoms in total. The third-order valence-electron chi connectivity index (χ3n) is 3.57. The van der Waals surface area contributed by atoms with Crippen LogP contribution in [0.4, 0.5) is 10.3 Å². The topological polar surface area (TPSA) is 51.0 Å². The number of nitrogens with zero attached hydrogens (tertiary/aromatic N) is 4. The molecule has 1 saturated carbocycles. The van der Waals surface area contributed by atoms with Crippen molar-refractivity contribution in [1.29, 1.82) is 0 Å². The Bertz CT molecular complexity index is 709. The molecular formula is C14H15FN4O. The molecule has 1 aliphatic carbocycles. The second-order valence-electron chi connectivity index (χ2n) is 5.04. The molecule has 0 atom stereocenters. The van der Waals surface area contributed by atoms with E-state index in [-0.39, 0.29) is 5.56 Å². The first kappa shape index (κ1) is 12.8. The van der Waals surface area contributed by atoms with Crippen molar-refractivity contribution in [3.05, 3.63) is 40.7 Å². The van der Waals surface area contributed by atoms with Crippen molar-refractivity contribution < 1.29 is 4.39 Å². The van der Waals surface area contributed by atoms with Crippen LogP contribution in [0.2, 0.25) is 0 Å². The first-order chi connectivity index (χ1) is 9.58. The van der Waals surface area contributed by atoms with E-state index in [0.717, 1.165) is 19.0 Å². The number of hydrogen-bond acceptors (Lipinski definition) is 4. The summed E-state index contributed by atoms with van der Waals surface area (Å²) in [5.41, 5.74) is 0.437. The Morgan fingerprint density at radius 1 is 1.45 bits per heavy atom. The van der Waals surface area contributed by atoms with Gasteiger partial charge in [-0.3, -0.25) is 14.3 Å². The quantitative estimate of drug-likeness (QED) is 0.852. The van der Waals surface area contributed by atoms with Gasteiger partial charge in [-0.1, -0.05) is 0 Å². The summed E-state index contributed by atoms with van der Waals surface area (Å²) in [6, 6.07) is 3.30. The van der Waals surface area contributed by atoms with Gasteiger partial charge in [0.25, 0.3) is 5.56 Å². The fourth-order valence-corrected chi connectivity index (χ4v) is 2.19. The van der Waals surface area contributed by atoms with E-state index in [0.29, 0.717) is 23.2 Å². The van der Waals surface area contributed by atoms with E-state index in [4.69, 9.17) is 0 Å². The molecule has 0 bridgehead atoms. The van der Waals surface area contributed by atoms with E-state index in [9.17, 15) is 9.18 Å². The van der Waals surface area contributed by atoms with Gasteiger partial charge in [-0.25, -0.2) is 9.37 Å². The van der Waals surface area contributed by atoms with Crippen LogP contribution in [0.25, 0.3) is 11.3 Å². The van der Waals surface area contributed by atoms with Gasteiger partial charge >= 0.3 is 0 Å². The minimum absolute atomic E-state index is 0.200. The van der Waals surface area contributed by atoms with Crippen LogP contribution in [0.5, 0.6) is 0 Å². The lowest BCUT2D eigenvalue weighted by molar-refractivity contribution is 0.624. The Balaban J connectivity index is 2.13. The Labute approximate surface area is 115 Å². The lowest BCUT2D eigenvalue weighted by Gasteiger charge is -2.20. The van der Waals surface area contributed by atoms with Crippen molar-refractivity contribution in [1.82, 2.24) is 14.5 Å². The van der Waals surface area contributed by atoms with E-state index < -0.39 is 5.82 Å². The average Bonchev–Trinajstić information content (AvgIpc) is 3.26. The Kier molecular flexibility index (Phi) is 3.00. The molecule has 0 radical (unpaired) electrons. The van der Waals surface area contributed by atoms with Crippen LogP contribution >= 0.6 is 0 Å². The summed E-state index contributed by atoms with van der Waals surface area (Å²) < 4.78 is 15.3. The molecule has 0 N–H and O–H groups in total. The molecule has 0 unspecified atom stereocenters. The highest BCUT2D eigenvalue weighted by molar-refractivity contribution is 5.60. The zero-order valence-corrected chi connectivity index (χ0v) is 11.4. The maximum absolute atomic E-state index is 13.8. The molecule has 6 heteroatoms. The van der Waals surface area contributed by atoms with E-state index in [1.54, 1.807) is 7.05 Å². The van der Waals surface area contributed by atoms with Crippen molar-refractivity contribution >= 4 is 5.95 Å². The molecule has 0 spiro atoms. The molecule has 20 heavy (non-hydrogen) atoms. The summed E-state index contributed by atoms with van der Waals surface area (Å²) >= 11 is 0. The molecule has 2 heterocycles. The number of rotatable bonds is 3. The highest BCUT2D eigenvalue weighted by Crippen LogP contribution is 2.29. The Morgan fingerprint density at radius 3 is 2.85 bits per heavy atom. The van der Waals surface area contributed by atoms with Crippen LogP contribution in [0.3, 0.4) is 0 Å². The first-order valence-electron chi connectivity index (χ1n) is 6.48. The molecule has 0 saturated heterocycles. The van der Waals surface area contributed by atoms with E-state index in [1.165, 1.54) is 22.9 Å². The molecule has 0 aromatic carbocycles. The van der Waals surface area contributed by atoms with Gasteiger partial charge in [0.2, 0.25) is 5.95 Å². The van der Waals surface area contributed by atoms with Crippen molar-refractivity contribution in [2.75, 3.05) is 11.9 Å². The average molecular weight is 274 g/mol. The van der Waals surface area contributed by atoms with Gasteiger partial charge in [-0.15, -0.1) is 0 Å². The summed E-state index contributed by atoms with van der Waals surface area (Å²) in [5, 5.41) is 0. The van der Waals surface area contributed by atoms with Crippen molar-refractivity contribution in [2.45, 2.75) is 18.9 Å². The molecule has 1 fully saturated rings. The predicted octanol–water partition coefficient (Wildman–Crippen LogP) is 1.58. The summed E-state index contributed by atoms with van der Waals surface area (Å²) in [6.45, 7) is 0. The van der Waals surface area contributed by atoms with E-state index in [1.807, 2.05) is 11.9 Å². The molecule has 1 aliphatic rings. The maximum Gasteiger partial charge on any atom is 0.255 e. The fourth-order valence-electron chi connectivity index (χ4n) is 2.19. The molecule has 3 rings (SSSR count). The summed E-state index contributed by atoms with van der Waals surface area (Å²) in [5.74, 6) is 0.0829. The maximum atomic E-state index is 13.8. The monoisotopic (exact) mass is 274 g/mol. The predicted molar refractivity (Wildman–Crippen MR) is 74.1 cm³/mol. The van der Waals surface area contributed by atoms with E-state index >= 15 is 0 Å². The highest BCUT2D eigenvalue weighted by atomic mass is 19.1. The number of hydrogen-bond donors (Lipinski definition) is 0. The van der Waals surface area contributed by atoms with Gasteiger partial charge < -0.3 is 4.90 Å². The number of aromatic nitrogens is 3. The standard InChI is InChI=1S/C14H15FN4O/c1-18(9-3-4-9)14-17-12(7-13(20)19(14)2)10-5-6-16-8-11(10)15/h5-9H,3-4H2,1-2H3. The minimum Gasteiger partial charge on any atom is -0.342 e. The zero-order chi connectivity index (χ0) is 14.3. The van der Waals surface area contributed by atoms with E-state index in [2.05, 4.69) is 9.97 Å². The highest BCUT2D eigenvalue weighted by Gasteiger charge is 2.29. The summed E-state index contributed by atoms with van der Waals surface area (Å²) in [7, 11) is 3.59. The Hall–Kier alpha value is -2.24. The van der Waals surface area contributed by atoms with Crippen LogP contribution in [-0.2, 0) is 7.05 Å². The number of pyridine rings is 1. The van der Waals surface area contributed by atoms with Gasteiger partial charge in [-0.05, 0) is 18.9 Å². The van der Waals surface area contributed by atoms with Crippen molar-refractivity contribution in [3.63, 3.8) is 0 Å². The molecule has 0 aliphatic heterocycles. The normalized spacial score (nSPS) is 14.3. The van der Waals surface area contributed by atoms with Gasteiger partial charge in [0, 0.05) is 38.0 Å². The van der Waals surface area contributed by atoms with Gasteiger partial charge in [0.1, 0.15) is 0 Å². The van der Waals surface area contributed by atoms with Gasteiger partial charge in [-0.2, -0.15) is 0 Å². The third kappa shape index (κ3) is 2.17. The van der Waals surface area contributed by atoms with Crippen molar-refractivity contribution in [3.8, 4) is 11.3 Å². The van der Waals surface area contributed by atoms with Crippen LogP contribution < -0.4 is 10.5 Å². The van der Waals surface area contributed by atoms with Gasteiger partial charge in [0.15, 0.2) is 5.82 Å². The molecular weight excluding hydrogens is 259 g/mol. The number of anilines is 1. The molecule has 104 valence electrons. The summed E-state index contributed by atoms with van der Waals surface area (Å²) in [4.78, 5) is 22.2. The van der Waals surface area contributed by atoms with Crippen LogP contribution in [0, 0.1) is 5.82 Å². The lowest BCUT2D eigenvalue weighted by Crippen LogP contribution is -2.30. The minimum atomic E-state index is -0.478.